The summed E-state index contributed by atoms with van der Waals surface area (Å²) >= 11 is 0. The van der Waals surface area contributed by atoms with Crippen LogP contribution in [-0.4, -0.2) is 52.1 Å². The lowest BCUT2D eigenvalue weighted by atomic mass is 10.0. The minimum atomic E-state index is -4.78. The van der Waals surface area contributed by atoms with E-state index >= 15 is 0 Å². The van der Waals surface area contributed by atoms with E-state index in [2.05, 4.69) is 15.3 Å². The Hall–Kier alpha value is -5.33. The zero-order valence-electron chi connectivity index (χ0n) is 25.5. The highest BCUT2D eigenvalue weighted by atomic mass is 19.4. The Morgan fingerprint density at radius 1 is 0.913 bits per heavy atom. The first-order chi connectivity index (χ1) is 21.6. The number of anilines is 1. The standard InChI is InChI=1S/C33H33F3N4O6/c1-32(2,3)46-31(43)39-26(29(41)42)16-19-8-10-21(11-9-19)25-18-27(40-30(37)38-25)45-28(33(34,35)36)22-14-12-20(13-15-22)23-6-5-7-24(17-23)44-4/h5-15,17-18,26,28H,16H2,1-4H3,(H,39,43)(H,41,42)(H2,37,38,40)/t26-,28-/m1/s1. The third-order valence-corrected chi connectivity index (χ3v) is 6.55. The fourth-order valence-electron chi connectivity index (χ4n) is 4.45. The number of nitrogens with two attached hydrogens (primary N) is 1. The van der Waals surface area contributed by atoms with Gasteiger partial charge in [-0.2, -0.15) is 18.2 Å². The van der Waals surface area contributed by atoms with E-state index in [-0.39, 0.29) is 23.6 Å². The number of carboxylic acids is 1. The van der Waals surface area contributed by atoms with Gasteiger partial charge in [-0.05, 0) is 49.6 Å². The number of aliphatic carboxylic acids is 1. The zero-order valence-corrected chi connectivity index (χ0v) is 25.5. The van der Waals surface area contributed by atoms with E-state index in [0.717, 1.165) is 5.56 Å². The van der Waals surface area contributed by atoms with Crippen molar-refractivity contribution in [2.75, 3.05) is 12.8 Å². The predicted octanol–water partition coefficient (Wildman–Crippen LogP) is 6.60. The number of alkyl carbamates (subject to hydrolysis) is 1. The number of ether oxygens (including phenoxy) is 3. The van der Waals surface area contributed by atoms with E-state index < -0.39 is 41.9 Å². The van der Waals surface area contributed by atoms with E-state index in [0.29, 0.717) is 22.4 Å². The van der Waals surface area contributed by atoms with Crippen LogP contribution in [0.5, 0.6) is 11.6 Å². The zero-order chi connectivity index (χ0) is 33.6. The minimum absolute atomic E-state index is 0.0565. The second-order valence-corrected chi connectivity index (χ2v) is 11.3. The lowest BCUT2D eigenvalue weighted by molar-refractivity contribution is -0.198. The number of rotatable bonds is 10. The third-order valence-electron chi connectivity index (χ3n) is 6.55. The summed E-state index contributed by atoms with van der Waals surface area (Å²) in [5.41, 5.74) is 7.55. The molecule has 0 aliphatic carbocycles. The van der Waals surface area contributed by atoms with Crippen molar-refractivity contribution in [3.05, 3.63) is 90.0 Å². The molecule has 3 aromatic carbocycles. The number of carboxylic acid groups (broad SMARTS) is 1. The molecule has 1 heterocycles. The van der Waals surface area contributed by atoms with Crippen LogP contribution < -0.4 is 20.5 Å². The first-order valence-corrected chi connectivity index (χ1v) is 14.1. The number of carbonyl (C=O) groups excluding carboxylic acids is 1. The molecule has 4 rings (SSSR count). The lowest BCUT2D eigenvalue weighted by Gasteiger charge is -2.22. The lowest BCUT2D eigenvalue weighted by Crippen LogP contribution is -2.44. The predicted molar refractivity (Wildman–Crippen MR) is 164 cm³/mol. The van der Waals surface area contributed by atoms with Gasteiger partial charge in [-0.15, -0.1) is 0 Å². The quantitative estimate of drug-likeness (QED) is 0.175. The van der Waals surface area contributed by atoms with Crippen molar-refractivity contribution in [1.29, 1.82) is 0 Å². The Labute approximate surface area is 263 Å². The number of aromatic nitrogens is 2. The van der Waals surface area contributed by atoms with Gasteiger partial charge in [-0.3, -0.25) is 0 Å². The molecule has 13 heteroatoms. The number of benzene rings is 3. The average molecular weight is 639 g/mol. The molecule has 0 saturated carbocycles. The molecule has 2 atom stereocenters. The summed E-state index contributed by atoms with van der Waals surface area (Å²) < 4.78 is 58.4. The maximum atomic E-state index is 14.2. The SMILES string of the molecule is COc1cccc(-c2ccc([C@@H](Oc3cc(-c4ccc(C[C@@H](NC(=O)OC(C)(C)C)C(=O)O)cc4)nc(N)n3)C(F)(F)F)cc2)c1. The molecule has 0 unspecified atom stereocenters. The number of hydrogen-bond donors (Lipinski definition) is 3. The second-order valence-electron chi connectivity index (χ2n) is 11.3. The number of methoxy groups -OCH3 is 1. The van der Waals surface area contributed by atoms with Crippen LogP contribution in [0.1, 0.15) is 38.0 Å². The van der Waals surface area contributed by atoms with Crippen molar-refractivity contribution in [2.45, 2.75) is 51.1 Å². The second kappa shape index (κ2) is 13.8. The Morgan fingerprint density at radius 3 is 2.15 bits per heavy atom. The van der Waals surface area contributed by atoms with Crippen LogP contribution in [-0.2, 0) is 16.0 Å². The molecule has 1 aromatic heterocycles. The molecule has 0 fully saturated rings. The third kappa shape index (κ3) is 9.10. The highest BCUT2D eigenvalue weighted by Crippen LogP contribution is 2.38. The van der Waals surface area contributed by atoms with Crippen LogP contribution in [0.15, 0.2) is 78.9 Å². The van der Waals surface area contributed by atoms with Gasteiger partial charge in [0, 0.05) is 23.6 Å². The number of nitrogens with zero attached hydrogens (tertiary/aromatic N) is 2. The van der Waals surface area contributed by atoms with Crippen molar-refractivity contribution in [1.82, 2.24) is 15.3 Å². The van der Waals surface area contributed by atoms with Gasteiger partial charge in [0.15, 0.2) is 0 Å². The summed E-state index contributed by atoms with van der Waals surface area (Å²) in [5, 5.41) is 11.9. The van der Waals surface area contributed by atoms with Gasteiger partial charge in [-0.25, -0.2) is 14.6 Å². The van der Waals surface area contributed by atoms with Crippen LogP contribution >= 0.6 is 0 Å². The molecule has 4 aromatic rings. The first kappa shape index (κ1) is 33.6. The number of nitrogen functional groups attached to an aromatic ring is 1. The highest BCUT2D eigenvalue weighted by Gasteiger charge is 2.43. The summed E-state index contributed by atoms with van der Waals surface area (Å²) in [7, 11) is 1.53. The summed E-state index contributed by atoms with van der Waals surface area (Å²) in [6, 6.07) is 19.3. The van der Waals surface area contributed by atoms with Crippen molar-refractivity contribution in [3.63, 3.8) is 0 Å². The molecule has 0 radical (unpaired) electrons. The first-order valence-electron chi connectivity index (χ1n) is 14.1. The number of alkyl halides is 3. The topological polar surface area (TPSA) is 146 Å². The molecule has 46 heavy (non-hydrogen) atoms. The van der Waals surface area contributed by atoms with E-state index in [1.54, 1.807) is 75.4 Å². The van der Waals surface area contributed by atoms with E-state index in [9.17, 15) is 27.9 Å². The smallest absolute Gasteiger partial charge is 0.429 e. The van der Waals surface area contributed by atoms with Crippen LogP contribution in [0.4, 0.5) is 23.9 Å². The van der Waals surface area contributed by atoms with Crippen molar-refractivity contribution in [2.24, 2.45) is 0 Å². The molecular formula is C33H33F3N4O6. The van der Waals surface area contributed by atoms with Gasteiger partial charge in [0.2, 0.25) is 17.9 Å². The summed E-state index contributed by atoms with van der Waals surface area (Å²) in [5.74, 6) is -1.34. The number of carbonyl (C=O) groups is 2. The average Bonchev–Trinajstić information content (AvgIpc) is 2.98. The summed E-state index contributed by atoms with van der Waals surface area (Å²) in [6.45, 7) is 4.96. The van der Waals surface area contributed by atoms with Gasteiger partial charge >= 0.3 is 18.2 Å². The molecule has 4 N–H and O–H groups in total. The van der Waals surface area contributed by atoms with Gasteiger partial charge < -0.3 is 30.4 Å². The molecular weight excluding hydrogens is 605 g/mol. The van der Waals surface area contributed by atoms with E-state index in [1.165, 1.54) is 25.3 Å². The summed E-state index contributed by atoms with van der Waals surface area (Å²) in [4.78, 5) is 31.8. The Balaban J connectivity index is 1.52. The number of halogens is 3. The molecule has 10 nitrogen and oxygen atoms in total. The molecule has 242 valence electrons. The number of nitrogens with one attached hydrogen (secondary N) is 1. The fourth-order valence-corrected chi connectivity index (χ4v) is 4.45. The van der Waals surface area contributed by atoms with Crippen molar-refractivity contribution >= 4 is 18.0 Å². The monoisotopic (exact) mass is 638 g/mol. The maximum Gasteiger partial charge on any atom is 0.429 e. The molecule has 1 amide bonds. The largest absolute Gasteiger partial charge is 0.497 e. The van der Waals surface area contributed by atoms with Crippen LogP contribution in [0.25, 0.3) is 22.4 Å². The van der Waals surface area contributed by atoms with Crippen LogP contribution in [0.2, 0.25) is 0 Å². The maximum absolute atomic E-state index is 14.2. The molecule has 0 saturated heterocycles. The van der Waals surface area contributed by atoms with Gasteiger partial charge in [0.05, 0.1) is 12.8 Å². The van der Waals surface area contributed by atoms with Crippen LogP contribution in [0, 0.1) is 0 Å². The van der Waals surface area contributed by atoms with Gasteiger partial charge in [0.1, 0.15) is 17.4 Å². The highest BCUT2D eigenvalue weighted by molar-refractivity contribution is 5.80. The van der Waals surface area contributed by atoms with Crippen molar-refractivity contribution in [3.8, 4) is 34.0 Å². The molecule has 0 bridgehead atoms. The summed E-state index contributed by atoms with van der Waals surface area (Å²) in [6.07, 6.45) is -8.06. The van der Waals surface area contributed by atoms with E-state index in [1.807, 2.05) is 6.07 Å². The van der Waals surface area contributed by atoms with Gasteiger partial charge in [0.25, 0.3) is 0 Å². The van der Waals surface area contributed by atoms with Gasteiger partial charge in [-0.1, -0.05) is 60.7 Å². The molecule has 0 aliphatic rings. The number of amides is 1. The Morgan fingerprint density at radius 2 is 1.57 bits per heavy atom. The van der Waals surface area contributed by atoms with Crippen LogP contribution in [0.3, 0.4) is 0 Å². The minimum Gasteiger partial charge on any atom is -0.497 e. The molecule has 0 aliphatic heterocycles. The number of hydrogen-bond acceptors (Lipinski definition) is 8. The van der Waals surface area contributed by atoms with Crippen molar-refractivity contribution < 1.29 is 42.1 Å². The molecule has 0 spiro atoms. The Kier molecular flexibility index (Phi) is 10.0. The van der Waals surface area contributed by atoms with E-state index in [4.69, 9.17) is 19.9 Å². The fraction of sp³-hybridized carbons (Fsp3) is 0.273. The Bertz CT molecular complexity index is 1670. The normalized spacial score (nSPS) is 12.9.